The van der Waals surface area contributed by atoms with Gasteiger partial charge in [0.05, 0.1) is 0 Å². The molecule has 0 amide bonds. The molecular weight excluding hydrogens is 602 g/mol. The van der Waals surface area contributed by atoms with Gasteiger partial charge in [0.25, 0.3) is 0 Å². The van der Waals surface area contributed by atoms with Crippen LogP contribution in [0.25, 0.3) is 0 Å². The molecule has 0 fully saturated rings. The van der Waals surface area contributed by atoms with Crippen molar-refractivity contribution in [3.05, 3.63) is 0 Å². The minimum absolute atomic E-state index is 0. The molecule has 0 aliphatic heterocycles. The summed E-state index contributed by atoms with van der Waals surface area (Å²) in [6, 6.07) is 0. The van der Waals surface area contributed by atoms with Gasteiger partial charge < -0.3 is 71.8 Å². The topological polar surface area (TPSA) is 0 Å². The van der Waals surface area contributed by atoms with Crippen LogP contribution in [-0.2, 0) is 0 Å². The van der Waals surface area contributed by atoms with Gasteiger partial charge in [0.2, 0.25) is 0 Å². The van der Waals surface area contributed by atoms with Gasteiger partial charge in [0.15, 0.2) is 0 Å². The summed E-state index contributed by atoms with van der Waals surface area (Å²) >= 11 is 0. The van der Waals surface area contributed by atoms with Gasteiger partial charge in [-0.25, -0.2) is 0 Å². The molecule has 0 bridgehead atoms. The van der Waals surface area contributed by atoms with E-state index in [9.17, 15) is 0 Å². The molecule has 56 valence electrons. The molecule has 0 radical (unpaired) electrons. The van der Waals surface area contributed by atoms with Crippen molar-refractivity contribution in [3.8, 4) is 0 Å². The zero-order valence-corrected chi connectivity index (χ0v) is 17.1. The van der Waals surface area contributed by atoms with Crippen LogP contribution in [0.1, 0.15) is 0 Å². The second-order valence-electron chi connectivity index (χ2n) is 0. The fraction of sp³-hybridized carbons (Fsp3) is 0. The Morgan fingerprint density at radius 1 is 0.300 bits per heavy atom. The van der Waals surface area contributed by atoms with Crippen molar-refractivity contribution in [2.45, 2.75) is 0 Å². The molecule has 0 aliphatic rings. The first-order valence-electron chi connectivity index (χ1n) is 0. The van der Waals surface area contributed by atoms with Crippen LogP contribution < -0.4 is 0 Å². The summed E-state index contributed by atoms with van der Waals surface area (Å²) in [4.78, 5) is 0. The van der Waals surface area contributed by atoms with Crippen LogP contribution in [-0.4, -0.2) is 157 Å². The standard InChI is InChI=1S/4As.3Ge.3H4Si/h;;;;;;;3*1H4/q4*-3;3*+4;;;. The van der Waals surface area contributed by atoms with Crippen LogP contribution in [0.5, 0.6) is 0 Å². The average molecular weight is 614 g/mol. The van der Waals surface area contributed by atoms with E-state index >= 15 is 0 Å². The maximum Gasteiger partial charge on any atom is 4.00 e. The Morgan fingerprint density at radius 3 is 0.300 bits per heavy atom. The summed E-state index contributed by atoms with van der Waals surface area (Å²) in [7, 11) is 0. The average Bonchev–Trinajstić information content (AvgIpc) is 0. The van der Waals surface area contributed by atoms with Gasteiger partial charge in [-0.2, -0.15) is 0 Å². The van der Waals surface area contributed by atoms with Crippen LogP contribution in [0.4, 0.5) is 0 Å². The van der Waals surface area contributed by atoms with E-state index in [4.69, 9.17) is 0 Å². The van der Waals surface area contributed by atoms with Crippen LogP contribution >= 0.6 is 0 Å². The molecule has 0 atom stereocenters. The Kier molecular flexibility index (Phi) is 1350. The van der Waals surface area contributed by atoms with Crippen LogP contribution in [0.3, 0.4) is 0 Å². The molecule has 0 aromatic heterocycles. The Morgan fingerprint density at radius 2 is 0.300 bits per heavy atom. The van der Waals surface area contributed by atoms with Crippen molar-refractivity contribution in [1.29, 1.82) is 0 Å². The molecule has 0 aliphatic carbocycles. The maximum absolute atomic E-state index is 0. The molecule has 0 aromatic rings. The molecule has 10 heavy (non-hydrogen) atoms. The minimum Gasteiger partial charge on any atom is -3.00 e. The number of rotatable bonds is 0. The Hall–Kier alpha value is 4.51. The molecule has 0 unspecified atom stereocenters. The molecule has 0 aromatic carbocycles. The van der Waals surface area contributed by atoms with Crippen molar-refractivity contribution < 1.29 is 0 Å². The van der Waals surface area contributed by atoms with E-state index in [1.807, 2.05) is 0 Å². The van der Waals surface area contributed by atoms with Crippen molar-refractivity contribution >= 4 is 157 Å². The summed E-state index contributed by atoms with van der Waals surface area (Å²) < 4.78 is 0. The molecule has 0 heterocycles. The molecule has 0 saturated heterocycles. The fourth-order valence-electron chi connectivity index (χ4n) is 0. The predicted molar refractivity (Wildman–Crippen MR) is 74.3 cm³/mol. The first kappa shape index (κ1) is 130. The van der Waals surface area contributed by atoms with Gasteiger partial charge in [0.1, 0.15) is 0 Å². The molecule has 0 rings (SSSR count). The van der Waals surface area contributed by atoms with Gasteiger partial charge in [-0.15, -0.1) is 0 Å². The first-order chi connectivity index (χ1) is 0. The Labute approximate surface area is 155 Å². The van der Waals surface area contributed by atoms with E-state index in [0.717, 1.165) is 0 Å². The maximum atomic E-state index is 0. The molecule has 0 spiro atoms. The minimum atomic E-state index is 0. The monoisotopic (exact) mass is 617 g/mol. The van der Waals surface area contributed by atoms with E-state index in [-0.39, 0.29) is 157 Å². The summed E-state index contributed by atoms with van der Waals surface area (Å²) in [5.41, 5.74) is 0. The smallest absolute Gasteiger partial charge is 3.00 e. The van der Waals surface area contributed by atoms with Crippen LogP contribution in [0.2, 0.25) is 0 Å². The first-order valence-corrected chi connectivity index (χ1v) is 0. The second-order valence-corrected chi connectivity index (χ2v) is 0. The third-order valence-electron chi connectivity index (χ3n) is 0. The second kappa shape index (κ2) is 104. The van der Waals surface area contributed by atoms with E-state index in [2.05, 4.69) is 0 Å². The molecule has 0 nitrogen and oxygen atoms in total. The Balaban J connectivity index is 0. The van der Waals surface area contributed by atoms with E-state index in [0.29, 0.717) is 0 Å². The van der Waals surface area contributed by atoms with Crippen LogP contribution in [0, 0.1) is 0 Å². The number of hydrogen-bond donors (Lipinski definition) is 0. The predicted octanol–water partition coefficient (Wildman–Crippen LogP) is -7.02. The quantitative estimate of drug-likeness (QED) is 0.239. The molecule has 0 N–H and O–H groups in total. The summed E-state index contributed by atoms with van der Waals surface area (Å²) in [6.07, 6.45) is 0. The van der Waals surface area contributed by atoms with E-state index < -0.39 is 0 Å². The van der Waals surface area contributed by atoms with Gasteiger partial charge in [0, 0.05) is 0 Å². The van der Waals surface area contributed by atoms with Crippen molar-refractivity contribution in [3.63, 3.8) is 0 Å². The van der Waals surface area contributed by atoms with Crippen molar-refractivity contribution in [2.75, 3.05) is 0 Å². The van der Waals surface area contributed by atoms with Gasteiger partial charge in [-0.05, 0) is 32.9 Å². The largest absolute Gasteiger partial charge is 4.00 e. The van der Waals surface area contributed by atoms with Crippen molar-refractivity contribution in [2.24, 2.45) is 0 Å². The van der Waals surface area contributed by atoms with Crippen LogP contribution in [0.15, 0.2) is 0 Å². The molecular formula is H12As4Ge3Si3. The van der Waals surface area contributed by atoms with Gasteiger partial charge >= 0.3 is 52.8 Å². The SMILES string of the molecule is [As-3].[As-3].[As-3].[As-3].[Ge+4].[Ge+4].[Ge+4].[SiH4].[SiH4].[SiH4]. The molecule has 10 heteroatoms. The fourth-order valence-corrected chi connectivity index (χ4v) is 0. The Bertz CT molecular complexity index is 15.7. The number of hydrogen-bond acceptors (Lipinski definition) is 0. The summed E-state index contributed by atoms with van der Waals surface area (Å²) in [6.45, 7) is 0. The zero-order chi connectivity index (χ0) is 0. The molecule has 0 saturated carbocycles. The van der Waals surface area contributed by atoms with Crippen molar-refractivity contribution in [1.82, 2.24) is 0 Å². The summed E-state index contributed by atoms with van der Waals surface area (Å²) in [5, 5.41) is 0. The third-order valence-corrected chi connectivity index (χ3v) is 0. The van der Waals surface area contributed by atoms with Gasteiger partial charge in [-0.3, -0.25) is 0 Å². The zero-order valence-electron chi connectivity index (χ0n) is 3.29. The third kappa shape index (κ3) is 81.4. The normalized spacial score (nSPS) is 0. The van der Waals surface area contributed by atoms with Gasteiger partial charge in [-0.1, -0.05) is 0 Å². The van der Waals surface area contributed by atoms with E-state index in [1.165, 1.54) is 0 Å². The summed E-state index contributed by atoms with van der Waals surface area (Å²) in [5.74, 6) is 0. The van der Waals surface area contributed by atoms with E-state index in [1.54, 1.807) is 0 Å².